The van der Waals surface area contributed by atoms with Gasteiger partial charge >= 0.3 is 0 Å². The van der Waals surface area contributed by atoms with Gasteiger partial charge in [-0.25, -0.2) is 0 Å². The summed E-state index contributed by atoms with van der Waals surface area (Å²) in [5.41, 5.74) is 10.4. The topological polar surface area (TPSA) is 26.0 Å². The highest BCUT2D eigenvalue weighted by Gasteiger charge is 2.40. The Kier molecular flexibility index (Phi) is 2.49. The highest BCUT2D eigenvalue weighted by Crippen LogP contribution is 2.51. The molecule has 0 spiro atoms. The van der Waals surface area contributed by atoms with Gasteiger partial charge in [-0.3, -0.25) is 0 Å². The van der Waals surface area contributed by atoms with Crippen molar-refractivity contribution >= 4 is 5.69 Å². The molecule has 0 bridgehead atoms. The summed E-state index contributed by atoms with van der Waals surface area (Å²) in [4.78, 5) is 0. The molecule has 0 aromatic heterocycles. The first-order valence-corrected chi connectivity index (χ1v) is 6.03. The minimum absolute atomic E-state index is 0.393. The quantitative estimate of drug-likeness (QED) is 0.726. The summed E-state index contributed by atoms with van der Waals surface area (Å²) in [7, 11) is 0. The average molecular weight is 203 g/mol. The largest absolute Gasteiger partial charge is 0.398 e. The van der Waals surface area contributed by atoms with E-state index in [9.17, 15) is 0 Å². The maximum absolute atomic E-state index is 6.09. The van der Waals surface area contributed by atoms with Crippen molar-refractivity contribution in [2.45, 2.75) is 51.4 Å². The molecule has 2 rings (SSSR count). The van der Waals surface area contributed by atoms with Gasteiger partial charge in [-0.15, -0.1) is 0 Å². The number of anilines is 1. The molecule has 0 radical (unpaired) electrons. The minimum atomic E-state index is 0.393. The van der Waals surface area contributed by atoms with Gasteiger partial charge in [0.1, 0.15) is 0 Å². The van der Waals surface area contributed by atoms with Crippen LogP contribution in [0.25, 0.3) is 0 Å². The van der Waals surface area contributed by atoms with Crippen molar-refractivity contribution in [2.75, 3.05) is 5.73 Å². The molecule has 1 atom stereocenters. The van der Waals surface area contributed by atoms with Crippen molar-refractivity contribution in [3.05, 3.63) is 29.3 Å². The molecule has 15 heavy (non-hydrogen) atoms. The standard InChI is InChI=1S/C14H21N/c1-4-14(5-2)9-10(3)13-11(14)7-6-8-12(13)15/h6-8,10H,4-5,9,15H2,1-3H3/t10-/m0/s1. The summed E-state index contributed by atoms with van der Waals surface area (Å²) in [6.07, 6.45) is 3.72. The molecule has 1 aromatic carbocycles. The summed E-state index contributed by atoms with van der Waals surface area (Å²) < 4.78 is 0. The third-order valence-electron chi connectivity index (χ3n) is 4.25. The third-order valence-corrected chi connectivity index (χ3v) is 4.25. The molecule has 0 saturated carbocycles. The predicted molar refractivity (Wildman–Crippen MR) is 66.1 cm³/mol. The summed E-state index contributed by atoms with van der Waals surface area (Å²) in [6, 6.07) is 6.42. The Morgan fingerprint density at radius 2 is 2.00 bits per heavy atom. The molecule has 0 fully saturated rings. The van der Waals surface area contributed by atoms with E-state index >= 15 is 0 Å². The van der Waals surface area contributed by atoms with Crippen molar-refractivity contribution in [3.8, 4) is 0 Å². The molecular formula is C14H21N. The second-order valence-electron chi connectivity index (χ2n) is 4.90. The molecular weight excluding hydrogens is 182 g/mol. The molecule has 0 saturated heterocycles. The lowest BCUT2D eigenvalue weighted by atomic mass is 9.77. The molecule has 1 nitrogen and oxygen atoms in total. The normalized spacial score (nSPS) is 22.7. The fraction of sp³-hybridized carbons (Fsp3) is 0.571. The molecule has 1 aliphatic rings. The van der Waals surface area contributed by atoms with Gasteiger partial charge in [0, 0.05) is 5.69 Å². The van der Waals surface area contributed by atoms with Crippen LogP contribution in [-0.4, -0.2) is 0 Å². The number of benzene rings is 1. The van der Waals surface area contributed by atoms with E-state index in [4.69, 9.17) is 5.73 Å². The molecule has 0 amide bonds. The average Bonchev–Trinajstić information content (AvgIpc) is 2.54. The van der Waals surface area contributed by atoms with Gasteiger partial charge in [-0.1, -0.05) is 32.9 Å². The summed E-state index contributed by atoms with van der Waals surface area (Å²) in [5.74, 6) is 0.626. The SMILES string of the molecule is CCC1(CC)C[C@H](C)c2c(N)cccc21. The first kappa shape index (κ1) is 10.5. The Morgan fingerprint density at radius 3 is 2.60 bits per heavy atom. The molecule has 0 aliphatic heterocycles. The van der Waals surface area contributed by atoms with Crippen molar-refractivity contribution in [1.82, 2.24) is 0 Å². The van der Waals surface area contributed by atoms with E-state index in [1.165, 1.54) is 30.4 Å². The highest BCUT2D eigenvalue weighted by molar-refractivity contribution is 5.58. The van der Waals surface area contributed by atoms with Crippen molar-refractivity contribution in [3.63, 3.8) is 0 Å². The lowest BCUT2D eigenvalue weighted by Crippen LogP contribution is -2.20. The fourth-order valence-corrected chi connectivity index (χ4v) is 3.31. The smallest absolute Gasteiger partial charge is 0.0352 e. The summed E-state index contributed by atoms with van der Waals surface area (Å²) in [6.45, 7) is 6.91. The van der Waals surface area contributed by atoms with Gasteiger partial charge in [-0.05, 0) is 47.8 Å². The van der Waals surface area contributed by atoms with Crippen LogP contribution in [0.15, 0.2) is 18.2 Å². The number of nitrogen functional groups attached to an aromatic ring is 1. The maximum Gasteiger partial charge on any atom is 0.0352 e. The summed E-state index contributed by atoms with van der Waals surface area (Å²) in [5, 5.41) is 0. The van der Waals surface area contributed by atoms with Crippen LogP contribution >= 0.6 is 0 Å². The first-order chi connectivity index (χ1) is 7.14. The van der Waals surface area contributed by atoms with Crippen LogP contribution in [0, 0.1) is 0 Å². The van der Waals surface area contributed by atoms with Crippen LogP contribution in [0.5, 0.6) is 0 Å². The molecule has 1 aromatic rings. The lowest BCUT2D eigenvalue weighted by molar-refractivity contribution is 0.376. The van der Waals surface area contributed by atoms with E-state index < -0.39 is 0 Å². The predicted octanol–water partition coefficient (Wildman–Crippen LogP) is 3.83. The van der Waals surface area contributed by atoms with Crippen LogP contribution in [-0.2, 0) is 5.41 Å². The lowest BCUT2D eigenvalue weighted by Gasteiger charge is -2.27. The van der Waals surface area contributed by atoms with E-state index in [1.54, 1.807) is 0 Å². The van der Waals surface area contributed by atoms with E-state index in [0.29, 0.717) is 11.3 Å². The van der Waals surface area contributed by atoms with Crippen molar-refractivity contribution < 1.29 is 0 Å². The number of hydrogen-bond acceptors (Lipinski definition) is 1. The Labute approximate surface area is 92.7 Å². The van der Waals surface area contributed by atoms with Gasteiger partial charge in [0.2, 0.25) is 0 Å². The molecule has 82 valence electrons. The highest BCUT2D eigenvalue weighted by atomic mass is 14.6. The van der Waals surface area contributed by atoms with E-state index in [2.05, 4.69) is 32.9 Å². The van der Waals surface area contributed by atoms with Crippen LogP contribution in [0.2, 0.25) is 0 Å². The van der Waals surface area contributed by atoms with Gasteiger partial charge < -0.3 is 5.73 Å². The Bertz CT molecular complexity index is 364. The van der Waals surface area contributed by atoms with E-state index in [0.717, 1.165) is 5.69 Å². The number of rotatable bonds is 2. The number of hydrogen-bond donors (Lipinski definition) is 1. The molecule has 2 N–H and O–H groups in total. The van der Waals surface area contributed by atoms with Gasteiger partial charge in [0.25, 0.3) is 0 Å². The maximum atomic E-state index is 6.09. The molecule has 1 aliphatic carbocycles. The van der Waals surface area contributed by atoms with Gasteiger partial charge in [0.15, 0.2) is 0 Å². The Hall–Kier alpha value is -0.980. The van der Waals surface area contributed by atoms with Crippen LogP contribution in [0.1, 0.15) is 57.1 Å². The second kappa shape index (κ2) is 3.55. The monoisotopic (exact) mass is 203 g/mol. The van der Waals surface area contributed by atoms with Crippen molar-refractivity contribution in [1.29, 1.82) is 0 Å². The Balaban J connectivity index is 2.60. The van der Waals surface area contributed by atoms with E-state index in [1.807, 2.05) is 6.07 Å². The Morgan fingerprint density at radius 1 is 1.33 bits per heavy atom. The molecule has 0 unspecified atom stereocenters. The van der Waals surface area contributed by atoms with Gasteiger partial charge in [-0.2, -0.15) is 0 Å². The number of fused-ring (bicyclic) bond motifs is 1. The van der Waals surface area contributed by atoms with Crippen LogP contribution < -0.4 is 5.73 Å². The van der Waals surface area contributed by atoms with Crippen molar-refractivity contribution in [2.24, 2.45) is 0 Å². The van der Waals surface area contributed by atoms with E-state index in [-0.39, 0.29) is 0 Å². The van der Waals surface area contributed by atoms with Crippen LogP contribution in [0.3, 0.4) is 0 Å². The second-order valence-corrected chi connectivity index (χ2v) is 4.90. The first-order valence-electron chi connectivity index (χ1n) is 6.03. The fourth-order valence-electron chi connectivity index (χ4n) is 3.31. The van der Waals surface area contributed by atoms with Gasteiger partial charge in [0.05, 0.1) is 0 Å². The molecule has 0 heterocycles. The van der Waals surface area contributed by atoms with Crippen LogP contribution in [0.4, 0.5) is 5.69 Å². The molecule has 1 heteroatoms. The zero-order chi connectivity index (χ0) is 11.1. The minimum Gasteiger partial charge on any atom is -0.398 e. The number of nitrogens with two attached hydrogens (primary N) is 1. The summed E-state index contributed by atoms with van der Waals surface area (Å²) >= 11 is 0. The third kappa shape index (κ3) is 1.37. The zero-order valence-electron chi connectivity index (χ0n) is 10.0. The zero-order valence-corrected chi connectivity index (χ0v) is 10.0.